The highest BCUT2D eigenvalue weighted by Gasteiger charge is 2.31. The number of hydrogen-bond acceptors (Lipinski definition) is 4. The second-order valence-electron chi connectivity index (χ2n) is 5.89. The molecule has 1 unspecified atom stereocenters. The Morgan fingerprint density at radius 3 is 3.00 bits per heavy atom. The molecule has 1 fully saturated rings. The minimum absolute atomic E-state index is 0.179. The molecule has 2 aliphatic rings. The van der Waals surface area contributed by atoms with E-state index in [0.717, 1.165) is 24.4 Å². The Morgan fingerprint density at radius 1 is 1.35 bits per heavy atom. The summed E-state index contributed by atoms with van der Waals surface area (Å²) in [6, 6.07) is -0.179. The van der Waals surface area contributed by atoms with Crippen molar-refractivity contribution in [2.24, 2.45) is 0 Å². The van der Waals surface area contributed by atoms with Gasteiger partial charge in [0.1, 0.15) is 0 Å². The molecule has 110 valence electrons. The summed E-state index contributed by atoms with van der Waals surface area (Å²) in [4.78, 5) is 17.9. The maximum absolute atomic E-state index is 12.0. The molecule has 2 heterocycles. The fourth-order valence-corrected chi connectivity index (χ4v) is 3.80. The Morgan fingerprint density at radius 2 is 2.20 bits per heavy atom. The summed E-state index contributed by atoms with van der Waals surface area (Å²) >= 11 is 1.62. The Labute approximate surface area is 123 Å². The lowest BCUT2D eigenvalue weighted by atomic mass is 10.0. The van der Waals surface area contributed by atoms with E-state index in [4.69, 9.17) is 4.74 Å². The monoisotopic (exact) mass is 295 g/mol. The molecule has 1 aliphatic heterocycles. The van der Waals surface area contributed by atoms with Crippen molar-refractivity contribution in [2.45, 2.75) is 51.0 Å². The number of urea groups is 1. The predicted octanol–water partition coefficient (Wildman–Crippen LogP) is 2.71. The molecule has 1 saturated heterocycles. The molecule has 0 radical (unpaired) electrons. The average Bonchev–Trinajstić information content (AvgIpc) is 2.90. The van der Waals surface area contributed by atoms with E-state index in [2.05, 4.69) is 15.6 Å². The number of rotatable bonds is 2. The molecule has 2 N–H and O–H groups in total. The van der Waals surface area contributed by atoms with Crippen LogP contribution in [0.1, 0.15) is 43.2 Å². The number of anilines is 1. The van der Waals surface area contributed by atoms with Crippen LogP contribution in [0.5, 0.6) is 0 Å². The predicted molar refractivity (Wildman–Crippen MR) is 79.4 cm³/mol. The van der Waals surface area contributed by atoms with Crippen molar-refractivity contribution in [3.05, 3.63) is 10.6 Å². The van der Waals surface area contributed by atoms with Crippen LogP contribution in [0.3, 0.4) is 0 Å². The van der Waals surface area contributed by atoms with Crippen molar-refractivity contribution < 1.29 is 9.53 Å². The molecule has 1 aliphatic carbocycles. The van der Waals surface area contributed by atoms with Gasteiger partial charge in [-0.25, -0.2) is 9.78 Å². The van der Waals surface area contributed by atoms with Crippen LogP contribution < -0.4 is 10.6 Å². The Kier molecular flexibility index (Phi) is 3.94. The van der Waals surface area contributed by atoms with E-state index in [1.54, 1.807) is 11.3 Å². The lowest BCUT2D eigenvalue weighted by Gasteiger charge is -2.23. The molecular weight excluding hydrogens is 274 g/mol. The van der Waals surface area contributed by atoms with E-state index < -0.39 is 0 Å². The molecule has 1 aromatic heterocycles. The fraction of sp³-hybridized carbons (Fsp3) is 0.714. The fourth-order valence-electron chi connectivity index (χ4n) is 2.75. The van der Waals surface area contributed by atoms with Crippen LogP contribution in [0, 0.1) is 0 Å². The van der Waals surface area contributed by atoms with E-state index in [1.807, 2.05) is 6.92 Å². The molecular formula is C14H21N3O2S. The first kappa shape index (κ1) is 13.8. The lowest BCUT2D eigenvalue weighted by molar-refractivity contribution is 0.172. The quantitative estimate of drug-likeness (QED) is 0.825. The van der Waals surface area contributed by atoms with Gasteiger partial charge in [0.25, 0.3) is 0 Å². The zero-order valence-corrected chi connectivity index (χ0v) is 12.6. The van der Waals surface area contributed by atoms with E-state index in [9.17, 15) is 4.79 Å². The molecule has 0 bridgehead atoms. The molecule has 0 spiro atoms. The van der Waals surface area contributed by atoms with Crippen molar-refractivity contribution >= 4 is 22.5 Å². The number of aryl methyl sites for hydroxylation is 2. The first-order valence-electron chi connectivity index (χ1n) is 7.30. The summed E-state index contributed by atoms with van der Waals surface area (Å²) in [5, 5.41) is 6.58. The smallest absolute Gasteiger partial charge is 0.321 e. The second kappa shape index (κ2) is 5.69. The van der Waals surface area contributed by atoms with E-state index in [0.29, 0.717) is 13.2 Å². The van der Waals surface area contributed by atoms with Crippen molar-refractivity contribution in [3.8, 4) is 0 Å². The highest BCUT2D eigenvalue weighted by molar-refractivity contribution is 7.15. The van der Waals surface area contributed by atoms with Gasteiger partial charge in [-0.1, -0.05) is 6.42 Å². The first-order chi connectivity index (χ1) is 9.65. The van der Waals surface area contributed by atoms with Gasteiger partial charge in [-0.15, -0.1) is 11.3 Å². The topological polar surface area (TPSA) is 63.2 Å². The molecule has 2 amide bonds. The number of thiazole rings is 1. The Balaban J connectivity index is 1.61. The summed E-state index contributed by atoms with van der Waals surface area (Å²) in [6.45, 7) is 3.30. The number of amides is 2. The van der Waals surface area contributed by atoms with Crippen LogP contribution in [0.25, 0.3) is 0 Å². The van der Waals surface area contributed by atoms with Crippen LogP contribution in [-0.2, 0) is 17.6 Å². The van der Waals surface area contributed by atoms with Crippen molar-refractivity contribution in [2.75, 3.05) is 18.5 Å². The third-order valence-electron chi connectivity index (χ3n) is 3.95. The van der Waals surface area contributed by atoms with Gasteiger partial charge in [-0.2, -0.15) is 0 Å². The van der Waals surface area contributed by atoms with Crippen LogP contribution in [0.2, 0.25) is 0 Å². The summed E-state index contributed by atoms with van der Waals surface area (Å²) in [7, 11) is 0. The van der Waals surface area contributed by atoms with Gasteiger partial charge in [0, 0.05) is 11.5 Å². The maximum atomic E-state index is 12.0. The van der Waals surface area contributed by atoms with Gasteiger partial charge in [0.05, 0.1) is 17.8 Å². The van der Waals surface area contributed by atoms with E-state index in [1.165, 1.54) is 29.8 Å². The highest BCUT2D eigenvalue weighted by atomic mass is 32.1. The SMILES string of the molecule is CC1(NC(=O)Nc2nc3c(s2)CCCCC3)CCOC1. The minimum Gasteiger partial charge on any atom is -0.379 e. The van der Waals surface area contributed by atoms with Crippen molar-refractivity contribution in [1.82, 2.24) is 10.3 Å². The summed E-state index contributed by atoms with van der Waals surface area (Å²) in [6.07, 6.45) is 6.72. The van der Waals surface area contributed by atoms with Gasteiger partial charge >= 0.3 is 6.03 Å². The molecule has 20 heavy (non-hydrogen) atoms. The zero-order chi connectivity index (χ0) is 14.0. The maximum Gasteiger partial charge on any atom is 0.321 e. The number of aromatic nitrogens is 1. The Bertz CT molecular complexity index is 471. The number of fused-ring (bicyclic) bond motifs is 1. The van der Waals surface area contributed by atoms with Gasteiger partial charge < -0.3 is 10.1 Å². The van der Waals surface area contributed by atoms with Gasteiger partial charge in [0.2, 0.25) is 0 Å². The molecule has 1 aromatic rings. The summed E-state index contributed by atoms with van der Waals surface area (Å²) in [5.41, 5.74) is 0.927. The molecule has 1 atom stereocenters. The minimum atomic E-state index is -0.252. The van der Waals surface area contributed by atoms with E-state index >= 15 is 0 Å². The second-order valence-corrected chi connectivity index (χ2v) is 6.98. The zero-order valence-electron chi connectivity index (χ0n) is 11.8. The molecule has 0 saturated carbocycles. The molecule has 5 nitrogen and oxygen atoms in total. The number of carbonyl (C=O) groups excluding carboxylic acids is 1. The highest BCUT2D eigenvalue weighted by Crippen LogP contribution is 2.29. The van der Waals surface area contributed by atoms with Crippen molar-refractivity contribution in [1.29, 1.82) is 0 Å². The average molecular weight is 295 g/mol. The van der Waals surface area contributed by atoms with Gasteiger partial charge in [0.15, 0.2) is 5.13 Å². The standard InChI is InChI=1S/C14H21N3O2S/c1-14(7-8-19-9-14)17-12(18)16-13-15-10-5-3-2-4-6-11(10)20-13/h2-9H2,1H3,(H2,15,16,17,18). The third-order valence-corrected chi connectivity index (χ3v) is 5.02. The Hall–Kier alpha value is -1.14. The van der Waals surface area contributed by atoms with E-state index in [-0.39, 0.29) is 11.6 Å². The van der Waals surface area contributed by atoms with Crippen LogP contribution in [0.15, 0.2) is 0 Å². The largest absolute Gasteiger partial charge is 0.379 e. The van der Waals surface area contributed by atoms with Crippen molar-refractivity contribution in [3.63, 3.8) is 0 Å². The number of hydrogen-bond donors (Lipinski definition) is 2. The number of nitrogens with one attached hydrogen (secondary N) is 2. The molecule has 3 rings (SSSR count). The lowest BCUT2D eigenvalue weighted by Crippen LogP contribution is -2.48. The van der Waals surface area contributed by atoms with Gasteiger partial charge in [-0.05, 0) is 39.0 Å². The van der Waals surface area contributed by atoms with Crippen LogP contribution in [0.4, 0.5) is 9.93 Å². The van der Waals surface area contributed by atoms with Gasteiger partial charge in [-0.3, -0.25) is 5.32 Å². The van der Waals surface area contributed by atoms with Crippen LogP contribution in [-0.4, -0.2) is 29.8 Å². The van der Waals surface area contributed by atoms with Crippen LogP contribution >= 0.6 is 11.3 Å². The first-order valence-corrected chi connectivity index (χ1v) is 8.12. The molecule has 6 heteroatoms. The number of ether oxygens (including phenoxy) is 1. The number of nitrogens with zero attached hydrogens (tertiary/aromatic N) is 1. The summed E-state index contributed by atoms with van der Waals surface area (Å²) in [5.74, 6) is 0. The summed E-state index contributed by atoms with van der Waals surface area (Å²) < 4.78 is 5.34. The normalized spacial score (nSPS) is 25.9. The number of carbonyl (C=O) groups is 1. The third kappa shape index (κ3) is 3.12. The molecule has 0 aromatic carbocycles.